The first-order valence-electron chi connectivity index (χ1n) is 1.77. The first-order valence-corrected chi connectivity index (χ1v) is 3.79. The summed E-state index contributed by atoms with van der Waals surface area (Å²) in [4.78, 5) is 2.55. The van der Waals surface area contributed by atoms with Gasteiger partial charge < -0.3 is 10.1 Å². The van der Waals surface area contributed by atoms with Gasteiger partial charge in [-0.25, -0.2) is 0 Å². The number of rotatable bonds is 0. The van der Waals surface area contributed by atoms with E-state index in [0.29, 0.717) is 7.74 Å². The van der Waals surface area contributed by atoms with Gasteiger partial charge in [0.2, 0.25) is 5.88 Å². The van der Waals surface area contributed by atoms with E-state index in [0.717, 1.165) is 0 Å². The number of aromatic nitrogens is 1. The van der Waals surface area contributed by atoms with Gasteiger partial charge in [0.05, 0.1) is 0 Å². The summed E-state index contributed by atoms with van der Waals surface area (Å²) in [5, 5.41) is 8.78. The third-order valence-corrected chi connectivity index (χ3v) is 2.46. The van der Waals surface area contributed by atoms with Gasteiger partial charge in [0.25, 0.3) is 0 Å². The van der Waals surface area contributed by atoms with Gasteiger partial charge in [-0.15, -0.1) is 0 Å². The van der Waals surface area contributed by atoms with Gasteiger partial charge in [-0.2, -0.15) is 0 Å². The molecule has 1 rings (SSSR count). The van der Waals surface area contributed by atoms with Gasteiger partial charge in [-0.05, 0) is 28.1 Å². The highest BCUT2D eigenvalue weighted by atomic mass is 79.9. The lowest BCUT2D eigenvalue weighted by Gasteiger charge is -1.77. The Labute approximate surface area is 63.3 Å². The van der Waals surface area contributed by atoms with Crippen LogP contribution in [0.25, 0.3) is 0 Å². The Bertz CT molecular complexity index is 217. The zero-order valence-corrected chi connectivity index (χ0v) is 6.86. The summed E-state index contributed by atoms with van der Waals surface area (Å²) in [6.45, 7) is 0. The molecule has 0 aliphatic rings. The fourth-order valence-corrected chi connectivity index (χ4v) is 2.01. The normalized spacial score (nSPS) is 9.62. The maximum absolute atomic E-state index is 8.78. The van der Waals surface area contributed by atoms with E-state index < -0.39 is 0 Å². The summed E-state index contributed by atoms with van der Waals surface area (Å²) in [6, 6.07) is 0. The predicted octanol–water partition coefficient (Wildman–Crippen LogP) is 2.27. The highest BCUT2D eigenvalue weighted by Gasteiger charge is 1.96. The molecule has 8 heavy (non-hydrogen) atoms. The smallest absolute Gasteiger partial charge is 0.215 e. The molecule has 0 saturated heterocycles. The van der Waals surface area contributed by atoms with Crippen LogP contribution in [0.3, 0.4) is 0 Å². The van der Waals surface area contributed by atoms with Crippen LogP contribution in [0.2, 0.25) is 0 Å². The minimum Gasteiger partial charge on any atom is -0.493 e. The van der Waals surface area contributed by atoms with Crippen molar-refractivity contribution in [3.8, 4) is 5.88 Å². The maximum Gasteiger partial charge on any atom is 0.215 e. The predicted molar refractivity (Wildman–Crippen MR) is 38.9 cm³/mol. The zero-order valence-electron chi connectivity index (χ0n) is 3.64. The molecule has 0 bridgehead atoms. The molecule has 0 unspecified atom stereocenters. The largest absolute Gasteiger partial charge is 0.493 e. The van der Waals surface area contributed by atoms with Gasteiger partial charge in [0.15, 0.2) is 3.95 Å². The molecule has 1 aromatic rings. The van der Waals surface area contributed by atoms with Gasteiger partial charge >= 0.3 is 0 Å². The summed E-state index contributed by atoms with van der Waals surface area (Å²) >= 11 is 9.08. The lowest BCUT2D eigenvalue weighted by molar-refractivity contribution is 0.454. The number of thiazole rings is 1. The first kappa shape index (κ1) is 6.25. The molecule has 0 fully saturated rings. The van der Waals surface area contributed by atoms with E-state index in [1.807, 2.05) is 0 Å². The van der Waals surface area contributed by atoms with E-state index in [2.05, 4.69) is 20.9 Å². The molecule has 0 aliphatic heterocycles. The molecule has 0 aliphatic carbocycles. The van der Waals surface area contributed by atoms with E-state index in [9.17, 15) is 0 Å². The highest BCUT2D eigenvalue weighted by molar-refractivity contribution is 9.11. The minimum absolute atomic E-state index is 0.111. The number of H-pyrrole nitrogens is 1. The van der Waals surface area contributed by atoms with E-state index in [4.69, 9.17) is 17.3 Å². The van der Waals surface area contributed by atoms with Crippen molar-refractivity contribution in [1.82, 2.24) is 4.98 Å². The van der Waals surface area contributed by atoms with Gasteiger partial charge in [0.1, 0.15) is 3.79 Å². The lowest BCUT2D eigenvalue weighted by atomic mass is 10.9. The van der Waals surface area contributed by atoms with E-state index in [1.165, 1.54) is 11.3 Å². The van der Waals surface area contributed by atoms with E-state index in [1.54, 1.807) is 0 Å². The average Bonchev–Trinajstić information content (AvgIpc) is 1.85. The van der Waals surface area contributed by atoms with E-state index in [-0.39, 0.29) is 5.88 Å². The van der Waals surface area contributed by atoms with Crippen molar-refractivity contribution in [3.05, 3.63) is 7.74 Å². The van der Waals surface area contributed by atoms with Crippen molar-refractivity contribution < 1.29 is 5.11 Å². The standard InChI is InChI=1S/C3H2BrNOS2/c4-1-2(6)5-3(7)8-1/h6H,(H,5,7). The molecule has 2 N–H and O–H groups in total. The number of hydrogen-bond acceptors (Lipinski definition) is 3. The summed E-state index contributed by atoms with van der Waals surface area (Å²) < 4.78 is 1.23. The van der Waals surface area contributed by atoms with Crippen LogP contribution in [-0.4, -0.2) is 10.1 Å². The Morgan fingerprint density at radius 2 is 2.38 bits per heavy atom. The molecule has 1 aromatic heterocycles. The second kappa shape index (κ2) is 2.16. The molecule has 0 amide bonds. The number of aromatic amines is 1. The van der Waals surface area contributed by atoms with Crippen LogP contribution < -0.4 is 0 Å². The molecule has 0 spiro atoms. The van der Waals surface area contributed by atoms with Gasteiger partial charge in [-0.3, -0.25) is 0 Å². The molecule has 5 heteroatoms. The summed E-state index contributed by atoms with van der Waals surface area (Å²) in [5.74, 6) is 0.111. The van der Waals surface area contributed by atoms with Crippen LogP contribution in [0.1, 0.15) is 0 Å². The van der Waals surface area contributed by atoms with Crippen LogP contribution in [0.5, 0.6) is 5.88 Å². The maximum atomic E-state index is 8.78. The number of hydrogen-bond donors (Lipinski definition) is 2. The Balaban J connectivity index is 3.35. The molecule has 0 atom stereocenters. The molecule has 1 heterocycles. The summed E-state index contributed by atoms with van der Waals surface area (Å²) in [7, 11) is 0. The Morgan fingerprint density at radius 3 is 2.50 bits per heavy atom. The molecule has 44 valence electrons. The van der Waals surface area contributed by atoms with Crippen molar-refractivity contribution in [2.45, 2.75) is 0 Å². The zero-order chi connectivity index (χ0) is 6.15. The molecule has 0 radical (unpaired) electrons. The third kappa shape index (κ3) is 1.10. The molecule has 2 nitrogen and oxygen atoms in total. The Morgan fingerprint density at radius 1 is 1.75 bits per heavy atom. The Hall–Kier alpha value is 0.130. The topological polar surface area (TPSA) is 36.0 Å². The number of nitrogens with one attached hydrogen (secondary N) is 1. The number of aromatic hydroxyl groups is 1. The molecule has 0 saturated carbocycles. The summed E-state index contributed by atoms with van der Waals surface area (Å²) in [6.07, 6.45) is 0. The lowest BCUT2D eigenvalue weighted by Crippen LogP contribution is -1.57. The van der Waals surface area contributed by atoms with Crippen LogP contribution in [0.4, 0.5) is 0 Å². The highest BCUT2D eigenvalue weighted by Crippen LogP contribution is 2.26. The third-order valence-electron chi connectivity index (χ3n) is 0.589. The summed E-state index contributed by atoms with van der Waals surface area (Å²) in [5.41, 5.74) is 0. The van der Waals surface area contributed by atoms with Crippen LogP contribution in [0, 0.1) is 3.95 Å². The SMILES string of the molecule is Oc1[nH]c(=S)sc1Br. The second-order valence-corrected chi connectivity index (χ2v) is 4.14. The van der Waals surface area contributed by atoms with Crippen molar-refractivity contribution in [1.29, 1.82) is 0 Å². The van der Waals surface area contributed by atoms with Crippen molar-refractivity contribution >= 4 is 39.5 Å². The minimum atomic E-state index is 0.111. The van der Waals surface area contributed by atoms with Crippen molar-refractivity contribution in [3.63, 3.8) is 0 Å². The van der Waals surface area contributed by atoms with Crippen LogP contribution in [0.15, 0.2) is 3.79 Å². The van der Waals surface area contributed by atoms with Crippen LogP contribution in [-0.2, 0) is 0 Å². The fraction of sp³-hybridized carbons (Fsp3) is 0. The van der Waals surface area contributed by atoms with Crippen LogP contribution >= 0.6 is 39.5 Å². The second-order valence-electron chi connectivity index (χ2n) is 1.14. The average molecular weight is 212 g/mol. The van der Waals surface area contributed by atoms with Gasteiger partial charge in [-0.1, -0.05) is 11.3 Å². The van der Waals surface area contributed by atoms with E-state index >= 15 is 0 Å². The fourth-order valence-electron chi connectivity index (χ4n) is 0.301. The quantitative estimate of drug-likeness (QED) is 0.647. The Kier molecular flexibility index (Phi) is 1.69. The molecular weight excluding hydrogens is 210 g/mol. The van der Waals surface area contributed by atoms with Gasteiger partial charge in [0, 0.05) is 0 Å². The molecule has 0 aromatic carbocycles. The monoisotopic (exact) mass is 211 g/mol. The van der Waals surface area contributed by atoms with Crippen molar-refractivity contribution in [2.24, 2.45) is 0 Å². The number of halogens is 1. The molecular formula is C3H2BrNOS2. The first-order chi connectivity index (χ1) is 3.70. The van der Waals surface area contributed by atoms with Crippen molar-refractivity contribution in [2.75, 3.05) is 0 Å².